The molecule has 0 saturated carbocycles. The summed E-state index contributed by atoms with van der Waals surface area (Å²) in [6.07, 6.45) is 2.37. The number of carbonyl (C=O) groups excluding carboxylic acids is 1. The quantitative estimate of drug-likeness (QED) is 0.943. The van der Waals surface area contributed by atoms with Gasteiger partial charge < -0.3 is 5.32 Å². The minimum Gasteiger partial charge on any atom is -0.346 e. The van der Waals surface area contributed by atoms with E-state index in [0.29, 0.717) is 5.69 Å². The summed E-state index contributed by atoms with van der Waals surface area (Å²) in [4.78, 5) is 13.8. The molecule has 0 atom stereocenters. The fraction of sp³-hybridized carbons (Fsp3) is 0.471. The minimum atomic E-state index is -0.300. The van der Waals surface area contributed by atoms with Gasteiger partial charge in [0, 0.05) is 5.54 Å². The first-order valence-electron chi connectivity index (χ1n) is 7.47. The zero-order chi connectivity index (χ0) is 16.4. The lowest BCUT2D eigenvalue weighted by Crippen LogP contribution is -2.46. The first kappa shape index (κ1) is 16.2. The summed E-state index contributed by atoms with van der Waals surface area (Å²) in [7, 11) is 0. The van der Waals surface area contributed by atoms with Gasteiger partial charge in [-0.25, -0.2) is 0 Å². The fourth-order valence-corrected chi connectivity index (χ4v) is 2.79. The lowest BCUT2D eigenvalue weighted by atomic mass is 9.82. The number of nitrogens with zero attached hydrogens (tertiary/aromatic N) is 3. The normalized spacial score (nSPS) is 12.2. The van der Waals surface area contributed by atoms with E-state index in [1.54, 1.807) is 0 Å². The van der Waals surface area contributed by atoms with E-state index in [2.05, 4.69) is 36.3 Å². The van der Waals surface area contributed by atoms with Crippen LogP contribution < -0.4 is 5.32 Å². The molecular formula is C17H24N4O. The average molecular weight is 300 g/mol. The van der Waals surface area contributed by atoms with Crippen LogP contribution in [-0.4, -0.2) is 26.4 Å². The van der Waals surface area contributed by atoms with Crippen LogP contribution in [0.3, 0.4) is 0 Å². The molecule has 5 heteroatoms. The summed E-state index contributed by atoms with van der Waals surface area (Å²) in [6.45, 7) is 10.5. The van der Waals surface area contributed by atoms with E-state index in [1.165, 1.54) is 11.0 Å². The number of para-hydroxylation sites is 1. The molecular weight excluding hydrogens is 276 g/mol. The molecule has 0 unspecified atom stereocenters. The van der Waals surface area contributed by atoms with Crippen LogP contribution in [0, 0.1) is 5.41 Å². The van der Waals surface area contributed by atoms with E-state index in [9.17, 15) is 4.79 Å². The van der Waals surface area contributed by atoms with Crippen LogP contribution in [0.15, 0.2) is 36.5 Å². The molecule has 0 spiro atoms. The molecule has 1 N–H and O–H groups in total. The summed E-state index contributed by atoms with van der Waals surface area (Å²) >= 11 is 0. The molecule has 1 aromatic heterocycles. The third-order valence-corrected chi connectivity index (χ3v) is 3.14. The van der Waals surface area contributed by atoms with Crippen molar-refractivity contribution in [3.8, 4) is 5.69 Å². The van der Waals surface area contributed by atoms with Crippen molar-refractivity contribution in [1.82, 2.24) is 20.3 Å². The highest BCUT2D eigenvalue weighted by atomic mass is 16.2. The Hall–Kier alpha value is -2.17. The second-order valence-corrected chi connectivity index (χ2v) is 7.43. The van der Waals surface area contributed by atoms with Gasteiger partial charge in [0.25, 0.3) is 5.91 Å². The Morgan fingerprint density at radius 1 is 1.14 bits per heavy atom. The third-order valence-electron chi connectivity index (χ3n) is 3.14. The van der Waals surface area contributed by atoms with Crippen LogP contribution in [-0.2, 0) is 0 Å². The molecule has 0 aliphatic heterocycles. The van der Waals surface area contributed by atoms with Gasteiger partial charge in [0.15, 0.2) is 5.69 Å². The van der Waals surface area contributed by atoms with Gasteiger partial charge >= 0.3 is 0 Å². The van der Waals surface area contributed by atoms with Crippen LogP contribution in [0.5, 0.6) is 0 Å². The Morgan fingerprint density at radius 3 is 2.36 bits per heavy atom. The molecule has 0 aliphatic carbocycles. The second-order valence-electron chi connectivity index (χ2n) is 7.43. The number of hydrogen-bond acceptors (Lipinski definition) is 3. The lowest BCUT2D eigenvalue weighted by Gasteiger charge is -2.33. The Morgan fingerprint density at radius 2 is 1.77 bits per heavy atom. The van der Waals surface area contributed by atoms with Gasteiger partial charge in [-0.15, -0.1) is 5.10 Å². The first-order valence-corrected chi connectivity index (χ1v) is 7.47. The topological polar surface area (TPSA) is 59.8 Å². The van der Waals surface area contributed by atoms with Crippen LogP contribution in [0.4, 0.5) is 0 Å². The Kier molecular flexibility index (Phi) is 4.35. The average Bonchev–Trinajstić information content (AvgIpc) is 2.85. The predicted molar refractivity (Wildman–Crippen MR) is 87.0 cm³/mol. The molecule has 2 rings (SSSR count). The second kappa shape index (κ2) is 5.91. The number of nitrogens with one attached hydrogen (secondary N) is 1. The summed E-state index contributed by atoms with van der Waals surface area (Å²) < 4.78 is 0. The molecule has 0 saturated heterocycles. The maximum Gasteiger partial charge on any atom is 0.273 e. The van der Waals surface area contributed by atoms with Gasteiger partial charge in [0.1, 0.15) is 0 Å². The van der Waals surface area contributed by atoms with Crippen molar-refractivity contribution in [2.24, 2.45) is 5.41 Å². The number of hydrogen-bond donors (Lipinski definition) is 1. The monoisotopic (exact) mass is 300 g/mol. The van der Waals surface area contributed by atoms with Crippen molar-refractivity contribution in [1.29, 1.82) is 0 Å². The molecule has 0 radical (unpaired) electrons. The van der Waals surface area contributed by atoms with Gasteiger partial charge in [-0.3, -0.25) is 4.79 Å². The lowest BCUT2D eigenvalue weighted by molar-refractivity contribution is 0.0886. The Labute approximate surface area is 131 Å². The van der Waals surface area contributed by atoms with Gasteiger partial charge in [-0.2, -0.15) is 9.90 Å². The Bertz CT molecular complexity index is 638. The summed E-state index contributed by atoms with van der Waals surface area (Å²) in [5.41, 5.74) is 0.992. The van der Waals surface area contributed by atoms with Crippen LogP contribution >= 0.6 is 0 Å². The van der Waals surface area contributed by atoms with Crippen molar-refractivity contribution < 1.29 is 4.79 Å². The van der Waals surface area contributed by atoms with Crippen molar-refractivity contribution in [3.63, 3.8) is 0 Å². The van der Waals surface area contributed by atoms with E-state index < -0.39 is 0 Å². The van der Waals surface area contributed by atoms with Crippen LogP contribution in [0.25, 0.3) is 5.69 Å². The maximum atomic E-state index is 12.4. The highest BCUT2D eigenvalue weighted by Gasteiger charge is 2.28. The van der Waals surface area contributed by atoms with Crippen LogP contribution in [0.2, 0.25) is 0 Å². The number of aromatic nitrogens is 3. The SMILES string of the molecule is CC(C)(C)CC(C)(C)NC(=O)c1cnn(-c2ccccc2)n1. The van der Waals surface area contributed by atoms with Gasteiger partial charge in [-0.1, -0.05) is 39.0 Å². The van der Waals surface area contributed by atoms with E-state index in [1.807, 2.05) is 44.2 Å². The van der Waals surface area contributed by atoms with Crippen molar-refractivity contribution >= 4 is 5.91 Å². The first-order chi connectivity index (χ1) is 10.2. The van der Waals surface area contributed by atoms with Crippen LogP contribution in [0.1, 0.15) is 51.5 Å². The smallest absolute Gasteiger partial charge is 0.273 e. The third kappa shape index (κ3) is 4.41. The van der Waals surface area contributed by atoms with E-state index in [-0.39, 0.29) is 16.9 Å². The molecule has 0 bridgehead atoms. The molecule has 22 heavy (non-hydrogen) atoms. The molecule has 118 valence electrons. The van der Waals surface area contributed by atoms with Crippen molar-refractivity contribution in [3.05, 3.63) is 42.2 Å². The zero-order valence-electron chi connectivity index (χ0n) is 13.9. The summed E-state index contributed by atoms with van der Waals surface area (Å²) in [5.74, 6) is -0.198. The number of amides is 1. The molecule has 0 fully saturated rings. The molecule has 5 nitrogen and oxygen atoms in total. The number of benzene rings is 1. The predicted octanol–water partition coefficient (Wildman–Crippen LogP) is 3.21. The van der Waals surface area contributed by atoms with Gasteiger partial charge in [-0.05, 0) is 37.8 Å². The van der Waals surface area contributed by atoms with E-state index >= 15 is 0 Å². The molecule has 0 aliphatic rings. The largest absolute Gasteiger partial charge is 0.346 e. The van der Waals surface area contributed by atoms with Gasteiger partial charge in [0.2, 0.25) is 0 Å². The minimum absolute atomic E-state index is 0.137. The van der Waals surface area contributed by atoms with E-state index in [4.69, 9.17) is 0 Å². The number of rotatable bonds is 4. The highest BCUT2D eigenvalue weighted by molar-refractivity contribution is 5.92. The maximum absolute atomic E-state index is 12.4. The molecule has 2 aromatic rings. The Balaban J connectivity index is 2.10. The summed E-state index contributed by atoms with van der Waals surface area (Å²) in [5, 5.41) is 11.5. The zero-order valence-corrected chi connectivity index (χ0v) is 13.9. The summed E-state index contributed by atoms with van der Waals surface area (Å²) in [6, 6.07) is 9.53. The van der Waals surface area contributed by atoms with Crippen molar-refractivity contribution in [2.75, 3.05) is 0 Å². The molecule has 1 heterocycles. The van der Waals surface area contributed by atoms with E-state index in [0.717, 1.165) is 12.1 Å². The highest BCUT2D eigenvalue weighted by Crippen LogP contribution is 2.26. The molecule has 1 aromatic carbocycles. The number of carbonyl (C=O) groups is 1. The fourth-order valence-electron chi connectivity index (χ4n) is 2.79. The molecule has 1 amide bonds. The van der Waals surface area contributed by atoms with Crippen molar-refractivity contribution in [2.45, 2.75) is 46.6 Å². The standard InChI is InChI=1S/C17H24N4O/c1-16(2,3)12-17(4,5)19-15(22)14-11-18-21(20-14)13-9-7-6-8-10-13/h6-11H,12H2,1-5H3,(H,19,22). The van der Waals surface area contributed by atoms with Gasteiger partial charge in [0.05, 0.1) is 11.9 Å².